The maximum absolute atomic E-state index is 12.2. The molecule has 0 saturated carbocycles. The highest BCUT2D eigenvalue weighted by molar-refractivity contribution is 5.80. The summed E-state index contributed by atoms with van der Waals surface area (Å²) in [6.07, 6.45) is 6.11. The number of likely N-dealkylation sites (tertiary alicyclic amines) is 1. The lowest BCUT2D eigenvalue weighted by Crippen LogP contribution is -2.35. The van der Waals surface area contributed by atoms with Gasteiger partial charge >= 0.3 is 0 Å². The summed E-state index contributed by atoms with van der Waals surface area (Å²) in [5.74, 6) is 0.988. The number of hydrogen-bond donors (Lipinski definition) is 1. The van der Waals surface area contributed by atoms with Crippen LogP contribution in [0.1, 0.15) is 35.2 Å². The first-order chi connectivity index (χ1) is 11.5. The van der Waals surface area contributed by atoms with E-state index in [-0.39, 0.29) is 18.0 Å². The van der Waals surface area contributed by atoms with E-state index in [9.17, 15) is 4.79 Å². The van der Waals surface area contributed by atoms with Crippen LogP contribution >= 0.6 is 0 Å². The molecule has 0 aliphatic carbocycles. The molecule has 1 aliphatic rings. The van der Waals surface area contributed by atoms with Gasteiger partial charge in [0, 0.05) is 44.4 Å². The van der Waals surface area contributed by atoms with Crippen molar-refractivity contribution in [2.24, 2.45) is 7.05 Å². The van der Waals surface area contributed by atoms with E-state index in [0.29, 0.717) is 13.0 Å². The Balaban J connectivity index is 1.74. The molecular weight excluding hydrogens is 304 g/mol. The van der Waals surface area contributed by atoms with Gasteiger partial charge in [-0.3, -0.25) is 9.48 Å². The molecule has 24 heavy (non-hydrogen) atoms. The summed E-state index contributed by atoms with van der Waals surface area (Å²) in [6.45, 7) is 4.74. The van der Waals surface area contributed by atoms with Crippen molar-refractivity contribution in [1.82, 2.24) is 20.0 Å². The van der Waals surface area contributed by atoms with Gasteiger partial charge in [0.1, 0.15) is 5.76 Å². The molecule has 1 saturated heterocycles. The molecule has 6 heteroatoms. The van der Waals surface area contributed by atoms with E-state index >= 15 is 0 Å². The maximum Gasteiger partial charge on any atom is 0.224 e. The summed E-state index contributed by atoms with van der Waals surface area (Å²) in [4.78, 5) is 14.1. The Kier molecular flexibility index (Phi) is 4.57. The van der Waals surface area contributed by atoms with Crippen LogP contribution in [0.2, 0.25) is 0 Å². The molecule has 0 spiro atoms. The Morgan fingerprint density at radius 1 is 1.42 bits per heavy atom. The molecule has 2 aromatic heterocycles. The van der Waals surface area contributed by atoms with E-state index < -0.39 is 0 Å². The van der Waals surface area contributed by atoms with Gasteiger partial charge in [-0.25, -0.2) is 0 Å². The number of nitrogens with one attached hydrogen (secondary N) is 1. The van der Waals surface area contributed by atoms with Crippen LogP contribution in [-0.2, 0) is 11.8 Å². The molecular formula is C18H24N4O2. The van der Waals surface area contributed by atoms with E-state index in [1.54, 1.807) is 6.26 Å². The highest BCUT2D eigenvalue weighted by Crippen LogP contribution is 2.35. The summed E-state index contributed by atoms with van der Waals surface area (Å²) in [5, 5.41) is 7.99. The monoisotopic (exact) mass is 328 g/mol. The second kappa shape index (κ2) is 6.65. The minimum absolute atomic E-state index is 0.0169. The van der Waals surface area contributed by atoms with E-state index in [1.165, 1.54) is 0 Å². The van der Waals surface area contributed by atoms with Crippen LogP contribution in [0.25, 0.3) is 6.08 Å². The molecule has 3 heterocycles. The molecule has 128 valence electrons. The molecule has 1 fully saturated rings. The van der Waals surface area contributed by atoms with Crippen molar-refractivity contribution in [3.8, 4) is 0 Å². The lowest BCUT2D eigenvalue weighted by atomic mass is 9.98. The average Bonchev–Trinajstić information content (AvgIpc) is 3.21. The minimum atomic E-state index is 0.0169. The normalized spacial score (nSPS) is 21.3. The summed E-state index contributed by atoms with van der Waals surface area (Å²) in [6, 6.07) is 3.87. The molecule has 2 aromatic rings. The Hall–Kier alpha value is -2.34. The number of furan rings is 1. The Bertz CT molecular complexity index is 745. The number of aryl methyl sites for hydroxylation is 2. The number of rotatable bonds is 5. The molecule has 0 radical (unpaired) electrons. The van der Waals surface area contributed by atoms with E-state index in [1.807, 2.05) is 54.9 Å². The standard InChI is InChI=1S/C18H24N4O2/c1-12-17(13(2)22(4)20-12)18-15(11-16(23)21(18)3)19-9-5-7-14-8-6-10-24-14/h5-8,10,15,18-19H,9,11H2,1-4H3/b7-5+/t15-,18-/m1/s1. The third-order valence-corrected chi connectivity index (χ3v) is 4.77. The molecule has 0 unspecified atom stereocenters. The highest BCUT2D eigenvalue weighted by Gasteiger charge is 2.40. The Labute approximate surface area is 142 Å². The number of carbonyl (C=O) groups excluding carboxylic acids is 1. The zero-order valence-corrected chi connectivity index (χ0v) is 14.6. The van der Waals surface area contributed by atoms with Gasteiger partial charge in [0.05, 0.1) is 18.0 Å². The number of nitrogens with zero attached hydrogens (tertiary/aromatic N) is 3. The lowest BCUT2D eigenvalue weighted by molar-refractivity contribution is -0.127. The smallest absolute Gasteiger partial charge is 0.224 e. The number of aromatic nitrogens is 2. The molecule has 6 nitrogen and oxygen atoms in total. The van der Waals surface area contributed by atoms with Crippen molar-refractivity contribution in [2.75, 3.05) is 13.6 Å². The third kappa shape index (κ3) is 3.01. The number of carbonyl (C=O) groups is 1. The first kappa shape index (κ1) is 16.5. The fraction of sp³-hybridized carbons (Fsp3) is 0.444. The van der Waals surface area contributed by atoms with Crippen LogP contribution in [0, 0.1) is 13.8 Å². The van der Waals surface area contributed by atoms with Crippen LogP contribution < -0.4 is 5.32 Å². The predicted octanol–water partition coefficient (Wildman–Crippen LogP) is 2.20. The van der Waals surface area contributed by atoms with Gasteiger partial charge < -0.3 is 14.6 Å². The largest absolute Gasteiger partial charge is 0.465 e. The Morgan fingerprint density at radius 3 is 2.83 bits per heavy atom. The minimum Gasteiger partial charge on any atom is -0.465 e. The van der Waals surface area contributed by atoms with Crippen molar-refractivity contribution in [3.63, 3.8) is 0 Å². The van der Waals surface area contributed by atoms with Gasteiger partial charge in [-0.2, -0.15) is 5.10 Å². The molecule has 3 rings (SSSR count). The Morgan fingerprint density at radius 2 is 2.21 bits per heavy atom. The van der Waals surface area contributed by atoms with Crippen molar-refractivity contribution in [2.45, 2.75) is 32.4 Å². The number of hydrogen-bond acceptors (Lipinski definition) is 4. The van der Waals surface area contributed by atoms with Gasteiger partial charge in [-0.1, -0.05) is 6.08 Å². The average molecular weight is 328 g/mol. The number of likely N-dealkylation sites (N-methyl/N-ethyl adjacent to an activating group) is 1. The van der Waals surface area contributed by atoms with E-state index in [2.05, 4.69) is 17.3 Å². The van der Waals surface area contributed by atoms with Crippen LogP contribution in [0.3, 0.4) is 0 Å². The third-order valence-electron chi connectivity index (χ3n) is 4.77. The topological polar surface area (TPSA) is 63.3 Å². The van der Waals surface area contributed by atoms with Crippen LogP contribution in [0.5, 0.6) is 0 Å². The van der Waals surface area contributed by atoms with Crippen molar-refractivity contribution < 1.29 is 9.21 Å². The summed E-state index contributed by atoms with van der Waals surface area (Å²) < 4.78 is 7.16. The molecule has 1 amide bonds. The maximum atomic E-state index is 12.2. The zero-order chi connectivity index (χ0) is 17.3. The summed E-state index contributed by atoms with van der Waals surface area (Å²) in [7, 11) is 3.82. The SMILES string of the molecule is Cc1nn(C)c(C)c1[C@H]1[C@H](NC/C=C/c2ccco2)CC(=O)N1C. The van der Waals surface area contributed by atoms with Gasteiger partial charge in [0.2, 0.25) is 5.91 Å². The molecule has 2 atom stereocenters. The molecule has 0 aromatic carbocycles. The van der Waals surface area contributed by atoms with Gasteiger partial charge in [0.15, 0.2) is 0 Å². The first-order valence-electron chi connectivity index (χ1n) is 8.18. The van der Waals surface area contributed by atoms with Crippen LogP contribution in [0.4, 0.5) is 0 Å². The van der Waals surface area contributed by atoms with Crippen molar-refractivity contribution >= 4 is 12.0 Å². The first-order valence-corrected chi connectivity index (χ1v) is 8.18. The van der Waals surface area contributed by atoms with Crippen molar-refractivity contribution in [1.29, 1.82) is 0 Å². The quantitative estimate of drug-likeness (QED) is 0.914. The number of amides is 1. The van der Waals surface area contributed by atoms with Gasteiger partial charge in [-0.15, -0.1) is 0 Å². The van der Waals surface area contributed by atoms with Crippen molar-refractivity contribution in [3.05, 3.63) is 47.2 Å². The van der Waals surface area contributed by atoms with Gasteiger partial charge in [0.25, 0.3) is 0 Å². The fourth-order valence-corrected chi connectivity index (χ4v) is 3.45. The lowest BCUT2D eigenvalue weighted by Gasteiger charge is -2.26. The fourth-order valence-electron chi connectivity index (χ4n) is 3.45. The zero-order valence-electron chi connectivity index (χ0n) is 14.6. The molecule has 1 aliphatic heterocycles. The van der Waals surface area contributed by atoms with E-state index in [4.69, 9.17) is 4.42 Å². The van der Waals surface area contributed by atoms with Crippen LogP contribution in [-0.4, -0.2) is 40.2 Å². The molecule has 0 bridgehead atoms. The second-order valence-corrected chi connectivity index (χ2v) is 6.29. The van der Waals surface area contributed by atoms with Crippen LogP contribution in [0.15, 0.2) is 28.9 Å². The second-order valence-electron chi connectivity index (χ2n) is 6.29. The summed E-state index contributed by atoms with van der Waals surface area (Å²) >= 11 is 0. The highest BCUT2D eigenvalue weighted by atomic mass is 16.3. The van der Waals surface area contributed by atoms with E-state index in [0.717, 1.165) is 22.7 Å². The summed E-state index contributed by atoms with van der Waals surface area (Å²) in [5.41, 5.74) is 3.25. The molecule has 1 N–H and O–H groups in total. The van der Waals surface area contributed by atoms with Gasteiger partial charge in [-0.05, 0) is 32.1 Å². The predicted molar refractivity (Wildman–Crippen MR) is 92.3 cm³/mol.